The van der Waals surface area contributed by atoms with Gasteiger partial charge in [0.25, 0.3) is 0 Å². The second-order valence-corrected chi connectivity index (χ2v) is 7.22. The molecule has 1 aliphatic rings. The number of aromatic amines is 1. The van der Waals surface area contributed by atoms with Crippen LogP contribution in [-0.2, 0) is 4.79 Å². The van der Waals surface area contributed by atoms with Crippen LogP contribution in [0.2, 0.25) is 5.02 Å². The average Bonchev–Trinajstić information content (AvgIpc) is 2.67. The Kier molecular flexibility index (Phi) is 7.80. The lowest BCUT2D eigenvalue weighted by molar-refractivity contribution is -0.133. The number of benzene rings is 1. The summed E-state index contributed by atoms with van der Waals surface area (Å²) in [6.45, 7) is 7.17. The van der Waals surface area contributed by atoms with Crippen molar-refractivity contribution in [3.8, 4) is 17.0 Å². The Morgan fingerprint density at radius 3 is 2.85 bits per heavy atom. The summed E-state index contributed by atoms with van der Waals surface area (Å²) in [5, 5.41) is 7.76. The van der Waals surface area contributed by atoms with Crippen LogP contribution in [0.4, 0.5) is 0 Å². The highest BCUT2D eigenvalue weighted by Crippen LogP contribution is 2.33. The third kappa shape index (κ3) is 5.30. The van der Waals surface area contributed by atoms with Crippen molar-refractivity contribution >= 4 is 29.7 Å². The van der Waals surface area contributed by atoms with Crippen molar-refractivity contribution in [2.75, 3.05) is 20.2 Å². The number of aromatic nitrogens is 2. The molecule has 27 heavy (non-hydrogen) atoms. The second-order valence-electron chi connectivity index (χ2n) is 6.37. The lowest BCUT2D eigenvalue weighted by Gasteiger charge is -2.28. The molecule has 1 aromatic carbocycles. The van der Waals surface area contributed by atoms with Crippen LogP contribution in [0, 0.1) is 17.4 Å². The number of piperidine rings is 1. The van der Waals surface area contributed by atoms with Crippen molar-refractivity contribution in [2.45, 2.75) is 33.6 Å². The molecular formula is C20H26ClN3O2S. The molecule has 2 heterocycles. The molecule has 146 valence electrons. The van der Waals surface area contributed by atoms with Gasteiger partial charge in [0.2, 0.25) is 5.91 Å². The minimum absolute atomic E-state index is 0.161. The summed E-state index contributed by atoms with van der Waals surface area (Å²) in [7, 11) is 1.83. The molecule has 1 atom stereocenters. The molecule has 1 fully saturated rings. The predicted octanol–water partition coefficient (Wildman–Crippen LogP) is 5.04. The van der Waals surface area contributed by atoms with E-state index in [4.69, 9.17) is 28.6 Å². The molecule has 2 aromatic rings. The van der Waals surface area contributed by atoms with Crippen LogP contribution in [0.1, 0.15) is 32.3 Å². The number of ether oxygens (including phenoxy) is 1. The minimum Gasteiger partial charge on any atom is -0.493 e. The van der Waals surface area contributed by atoms with Gasteiger partial charge in [-0.05, 0) is 37.1 Å². The van der Waals surface area contributed by atoms with Crippen LogP contribution < -0.4 is 4.74 Å². The Hall–Kier alpha value is -1.92. The van der Waals surface area contributed by atoms with Crippen LogP contribution in [0.3, 0.4) is 0 Å². The number of carbonyl (C=O) groups is 1. The van der Waals surface area contributed by atoms with E-state index in [1.54, 1.807) is 23.2 Å². The summed E-state index contributed by atoms with van der Waals surface area (Å²) in [4.78, 5) is 13.6. The summed E-state index contributed by atoms with van der Waals surface area (Å²) < 4.78 is 6.72. The molecule has 0 saturated carbocycles. The number of amides is 1. The molecule has 3 rings (SSSR count). The second kappa shape index (κ2) is 9.85. The smallest absolute Gasteiger partial charge is 0.222 e. The van der Waals surface area contributed by atoms with Gasteiger partial charge in [-0.25, -0.2) is 0 Å². The Bertz CT molecular complexity index is 853. The van der Waals surface area contributed by atoms with Gasteiger partial charge >= 0.3 is 0 Å². The van der Waals surface area contributed by atoms with Crippen molar-refractivity contribution in [3.63, 3.8) is 0 Å². The summed E-state index contributed by atoms with van der Waals surface area (Å²) in [6, 6.07) is 5.43. The number of rotatable bonds is 4. The quantitative estimate of drug-likeness (QED) is 0.721. The third-order valence-corrected chi connectivity index (χ3v) is 5.22. The van der Waals surface area contributed by atoms with Gasteiger partial charge in [-0.3, -0.25) is 9.89 Å². The number of halogens is 1. The van der Waals surface area contributed by atoms with Crippen molar-refractivity contribution in [3.05, 3.63) is 39.5 Å². The molecular weight excluding hydrogens is 382 g/mol. The number of nitrogens with one attached hydrogen (secondary N) is 1. The Morgan fingerprint density at radius 1 is 1.41 bits per heavy atom. The Labute approximate surface area is 170 Å². The zero-order valence-electron chi connectivity index (χ0n) is 16.2. The van der Waals surface area contributed by atoms with E-state index in [0.29, 0.717) is 34.0 Å². The van der Waals surface area contributed by atoms with E-state index in [9.17, 15) is 4.79 Å². The molecule has 7 heteroatoms. The van der Waals surface area contributed by atoms with Crippen molar-refractivity contribution in [1.29, 1.82) is 0 Å². The standard InChI is InChI=1S/C18H20ClN3O2S.C2H6/c1-11-9-20-21-17(18(11)25)14-4-3-13(19)8-15(14)24-10-12-5-6-22(2)16(23)7-12;1-2/h3-4,8-9,12H,5-7,10H2,1-2H3,(H,20,25);1-2H3. The molecule has 1 amide bonds. The van der Waals surface area contributed by atoms with E-state index in [1.165, 1.54) is 0 Å². The molecule has 0 aliphatic carbocycles. The fourth-order valence-electron chi connectivity index (χ4n) is 2.85. The van der Waals surface area contributed by atoms with E-state index >= 15 is 0 Å². The van der Waals surface area contributed by atoms with Crippen molar-refractivity contribution in [2.24, 2.45) is 5.92 Å². The number of hydrogen-bond donors (Lipinski definition) is 1. The van der Waals surface area contributed by atoms with Crippen LogP contribution in [0.15, 0.2) is 24.4 Å². The summed E-state index contributed by atoms with van der Waals surface area (Å²) in [5.74, 6) is 1.00. The minimum atomic E-state index is 0.161. The molecule has 0 bridgehead atoms. The molecule has 1 N–H and O–H groups in total. The van der Waals surface area contributed by atoms with Gasteiger partial charge in [-0.1, -0.05) is 37.7 Å². The van der Waals surface area contributed by atoms with Gasteiger partial charge in [-0.2, -0.15) is 5.10 Å². The monoisotopic (exact) mass is 407 g/mol. The molecule has 1 saturated heterocycles. The molecule has 1 aliphatic heterocycles. The Morgan fingerprint density at radius 2 is 2.15 bits per heavy atom. The third-order valence-electron chi connectivity index (χ3n) is 4.47. The Balaban J connectivity index is 0.00000126. The maximum atomic E-state index is 11.9. The zero-order chi connectivity index (χ0) is 20.0. The van der Waals surface area contributed by atoms with Gasteiger partial charge in [0, 0.05) is 42.7 Å². The first kappa shape index (κ1) is 21.4. The van der Waals surface area contributed by atoms with E-state index in [0.717, 1.165) is 24.1 Å². The van der Waals surface area contributed by atoms with E-state index < -0.39 is 0 Å². The lowest BCUT2D eigenvalue weighted by Crippen LogP contribution is -2.37. The first-order valence-electron chi connectivity index (χ1n) is 9.17. The van der Waals surface area contributed by atoms with Gasteiger partial charge in [0.1, 0.15) is 11.4 Å². The van der Waals surface area contributed by atoms with Crippen molar-refractivity contribution in [1.82, 2.24) is 15.1 Å². The predicted molar refractivity (Wildman–Crippen MR) is 112 cm³/mol. The summed E-state index contributed by atoms with van der Waals surface area (Å²) in [6.07, 6.45) is 3.21. The number of H-pyrrole nitrogens is 1. The number of likely N-dealkylation sites (tertiary alicyclic amines) is 1. The molecule has 1 unspecified atom stereocenters. The molecule has 0 radical (unpaired) electrons. The number of carbonyl (C=O) groups excluding carboxylic acids is 1. The van der Waals surface area contributed by atoms with Crippen LogP contribution >= 0.6 is 23.8 Å². The first-order valence-corrected chi connectivity index (χ1v) is 9.95. The van der Waals surface area contributed by atoms with E-state index in [2.05, 4.69) is 10.2 Å². The topological polar surface area (TPSA) is 58.2 Å². The largest absolute Gasteiger partial charge is 0.493 e. The van der Waals surface area contributed by atoms with E-state index in [-0.39, 0.29) is 11.8 Å². The van der Waals surface area contributed by atoms with Crippen LogP contribution in [0.5, 0.6) is 5.75 Å². The average molecular weight is 408 g/mol. The van der Waals surface area contributed by atoms with Crippen LogP contribution in [0.25, 0.3) is 11.3 Å². The van der Waals surface area contributed by atoms with Gasteiger partial charge < -0.3 is 9.64 Å². The molecule has 0 spiro atoms. The first-order chi connectivity index (χ1) is 13.0. The zero-order valence-corrected chi connectivity index (χ0v) is 17.8. The fraction of sp³-hybridized carbons (Fsp3) is 0.450. The fourth-order valence-corrected chi connectivity index (χ4v) is 3.22. The number of hydrogen-bond acceptors (Lipinski definition) is 4. The molecule has 1 aromatic heterocycles. The van der Waals surface area contributed by atoms with Gasteiger partial charge in [0.05, 0.1) is 11.1 Å². The lowest BCUT2D eigenvalue weighted by atomic mass is 9.97. The van der Waals surface area contributed by atoms with E-state index in [1.807, 2.05) is 33.9 Å². The number of nitrogens with zero attached hydrogens (tertiary/aromatic N) is 2. The van der Waals surface area contributed by atoms with Crippen LogP contribution in [-0.4, -0.2) is 41.2 Å². The highest BCUT2D eigenvalue weighted by molar-refractivity contribution is 7.71. The normalized spacial score (nSPS) is 16.6. The van der Waals surface area contributed by atoms with Gasteiger partial charge in [0.15, 0.2) is 0 Å². The number of aryl methyl sites for hydroxylation is 1. The summed E-state index contributed by atoms with van der Waals surface area (Å²) in [5.41, 5.74) is 2.41. The maximum Gasteiger partial charge on any atom is 0.222 e. The molecule has 5 nitrogen and oxygen atoms in total. The highest BCUT2D eigenvalue weighted by Gasteiger charge is 2.24. The maximum absolute atomic E-state index is 11.9. The van der Waals surface area contributed by atoms with Gasteiger partial charge in [-0.15, -0.1) is 0 Å². The highest BCUT2D eigenvalue weighted by atomic mass is 35.5. The SMILES string of the molecule is CC.Cc1c[nH]nc(-c2ccc(Cl)cc2OCC2CCN(C)C(=O)C2)c1=S. The summed E-state index contributed by atoms with van der Waals surface area (Å²) >= 11 is 11.6. The van der Waals surface area contributed by atoms with Crippen molar-refractivity contribution < 1.29 is 9.53 Å².